The molecule has 0 aliphatic rings. The standard InChI is InChI=1S/C19H27N3OS/c1-14-5-6-16(11-18(14)23-4)7-9-21-19(20-3)22-12-15(2)17-8-10-24-13-17/h5-6,8,10-11,13,15H,7,9,12H2,1-4H3,(H2,20,21,22). The van der Waals surface area contributed by atoms with Gasteiger partial charge in [0, 0.05) is 20.1 Å². The summed E-state index contributed by atoms with van der Waals surface area (Å²) in [5.74, 6) is 2.26. The highest BCUT2D eigenvalue weighted by molar-refractivity contribution is 7.07. The van der Waals surface area contributed by atoms with Gasteiger partial charge in [0.25, 0.3) is 0 Å². The molecule has 5 heteroatoms. The number of guanidine groups is 1. The first-order valence-corrected chi connectivity index (χ1v) is 9.18. The average Bonchev–Trinajstić information content (AvgIpc) is 3.13. The van der Waals surface area contributed by atoms with Gasteiger partial charge in [-0.25, -0.2) is 0 Å². The van der Waals surface area contributed by atoms with E-state index in [1.165, 1.54) is 11.1 Å². The molecule has 0 saturated heterocycles. The monoisotopic (exact) mass is 345 g/mol. The summed E-state index contributed by atoms with van der Waals surface area (Å²) in [5.41, 5.74) is 3.79. The second-order valence-corrected chi connectivity index (χ2v) is 6.67. The first-order valence-electron chi connectivity index (χ1n) is 8.24. The largest absolute Gasteiger partial charge is 0.496 e. The molecule has 0 aliphatic heterocycles. The third-order valence-electron chi connectivity index (χ3n) is 4.09. The van der Waals surface area contributed by atoms with Gasteiger partial charge in [-0.05, 0) is 58.8 Å². The lowest BCUT2D eigenvalue weighted by molar-refractivity contribution is 0.411. The summed E-state index contributed by atoms with van der Waals surface area (Å²) in [6.45, 7) is 5.98. The molecule has 1 aromatic carbocycles. The number of thiophene rings is 1. The minimum absolute atomic E-state index is 0.469. The number of benzene rings is 1. The number of rotatable bonds is 7. The molecule has 1 heterocycles. The zero-order chi connectivity index (χ0) is 17.4. The Hall–Kier alpha value is -2.01. The molecule has 0 saturated carbocycles. The minimum atomic E-state index is 0.469. The molecule has 1 atom stereocenters. The Kier molecular flexibility index (Phi) is 7.12. The van der Waals surface area contributed by atoms with Crippen LogP contribution in [0.5, 0.6) is 5.75 Å². The molecule has 130 valence electrons. The first kappa shape index (κ1) is 18.3. The number of hydrogen-bond acceptors (Lipinski definition) is 3. The van der Waals surface area contributed by atoms with Crippen LogP contribution >= 0.6 is 11.3 Å². The lowest BCUT2D eigenvalue weighted by atomic mass is 10.1. The fourth-order valence-electron chi connectivity index (χ4n) is 2.49. The molecule has 2 N–H and O–H groups in total. The molecule has 24 heavy (non-hydrogen) atoms. The zero-order valence-electron chi connectivity index (χ0n) is 14.9. The number of aryl methyl sites for hydroxylation is 1. The zero-order valence-corrected chi connectivity index (χ0v) is 15.7. The SMILES string of the molecule is CN=C(NCCc1ccc(C)c(OC)c1)NCC(C)c1ccsc1. The maximum atomic E-state index is 5.38. The van der Waals surface area contributed by atoms with E-state index in [1.54, 1.807) is 25.5 Å². The Labute approximate surface area is 149 Å². The normalized spacial score (nSPS) is 12.8. The van der Waals surface area contributed by atoms with Crippen LogP contribution < -0.4 is 15.4 Å². The fourth-order valence-corrected chi connectivity index (χ4v) is 3.27. The van der Waals surface area contributed by atoms with Crippen molar-refractivity contribution in [2.75, 3.05) is 27.2 Å². The number of nitrogens with zero attached hydrogens (tertiary/aromatic N) is 1. The van der Waals surface area contributed by atoms with Crippen molar-refractivity contribution < 1.29 is 4.74 Å². The molecule has 1 unspecified atom stereocenters. The van der Waals surface area contributed by atoms with E-state index in [0.717, 1.165) is 36.8 Å². The predicted octanol–water partition coefficient (Wildman–Crippen LogP) is 3.58. The van der Waals surface area contributed by atoms with Crippen LogP contribution in [-0.4, -0.2) is 33.2 Å². The van der Waals surface area contributed by atoms with Gasteiger partial charge in [-0.15, -0.1) is 0 Å². The van der Waals surface area contributed by atoms with Crippen LogP contribution in [0.3, 0.4) is 0 Å². The third kappa shape index (κ3) is 5.27. The van der Waals surface area contributed by atoms with Gasteiger partial charge in [-0.2, -0.15) is 11.3 Å². The van der Waals surface area contributed by atoms with Crippen LogP contribution in [0.25, 0.3) is 0 Å². The first-order chi connectivity index (χ1) is 11.6. The molecular formula is C19H27N3OS. The van der Waals surface area contributed by atoms with Crippen molar-refractivity contribution in [3.8, 4) is 5.75 Å². The molecular weight excluding hydrogens is 318 g/mol. The van der Waals surface area contributed by atoms with E-state index in [9.17, 15) is 0 Å². The summed E-state index contributed by atoms with van der Waals surface area (Å²) in [4.78, 5) is 4.29. The Morgan fingerprint density at radius 1 is 1.29 bits per heavy atom. The molecule has 0 amide bonds. The van der Waals surface area contributed by atoms with E-state index in [-0.39, 0.29) is 0 Å². The van der Waals surface area contributed by atoms with Crippen molar-refractivity contribution in [3.05, 3.63) is 51.7 Å². The summed E-state index contributed by atoms with van der Waals surface area (Å²) < 4.78 is 5.38. The van der Waals surface area contributed by atoms with Crippen molar-refractivity contribution in [2.45, 2.75) is 26.2 Å². The van der Waals surface area contributed by atoms with Crippen LogP contribution in [0.2, 0.25) is 0 Å². The maximum absolute atomic E-state index is 5.38. The van der Waals surface area contributed by atoms with Gasteiger partial charge >= 0.3 is 0 Å². The van der Waals surface area contributed by atoms with E-state index in [1.807, 2.05) is 0 Å². The topological polar surface area (TPSA) is 45.7 Å². The summed E-state index contributed by atoms with van der Waals surface area (Å²) >= 11 is 1.74. The van der Waals surface area contributed by atoms with E-state index < -0.39 is 0 Å². The average molecular weight is 346 g/mol. The van der Waals surface area contributed by atoms with Crippen LogP contribution in [0.1, 0.15) is 29.5 Å². The molecule has 0 bridgehead atoms. The predicted molar refractivity (Wildman–Crippen MR) is 104 cm³/mol. The number of hydrogen-bond donors (Lipinski definition) is 2. The van der Waals surface area contributed by atoms with Crippen molar-refractivity contribution in [1.82, 2.24) is 10.6 Å². The summed E-state index contributed by atoms with van der Waals surface area (Å²) in [6.07, 6.45) is 0.928. The highest BCUT2D eigenvalue weighted by Gasteiger charge is 2.07. The summed E-state index contributed by atoms with van der Waals surface area (Å²) in [6, 6.07) is 8.53. The van der Waals surface area contributed by atoms with Gasteiger partial charge in [-0.3, -0.25) is 4.99 Å². The van der Waals surface area contributed by atoms with Gasteiger partial charge in [0.15, 0.2) is 5.96 Å². The van der Waals surface area contributed by atoms with E-state index in [4.69, 9.17) is 4.74 Å². The Morgan fingerprint density at radius 2 is 2.12 bits per heavy atom. The number of ether oxygens (including phenoxy) is 1. The van der Waals surface area contributed by atoms with Gasteiger partial charge < -0.3 is 15.4 Å². The molecule has 0 radical (unpaired) electrons. The lowest BCUT2D eigenvalue weighted by Crippen LogP contribution is -2.39. The van der Waals surface area contributed by atoms with Gasteiger partial charge in [0.1, 0.15) is 5.75 Å². The second-order valence-electron chi connectivity index (χ2n) is 5.89. The number of nitrogens with one attached hydrogen (secondary N) is 2. The van der Waals surface area contributed by atoms with Crippen molar-refractivity contribution >= 4 is 17.3 Å². The van der Waals surface area contributed by atoms with Crippen molar-refractivity contribution in [3.63, 3.8) is 0 Å². The van der Waals surface area contributed by atoms with E-state index >= 15 is 0 Å². The Bertz CT molecular complexity index is 653. The van der Waals surface area contributed by atoms with Crippen LogP contribution in [-0.2, 0) is 6.42 Å². The lowest BCUT2D eigenvalue weighted by Gasteiger charge is -2.15. The number of aliphatic imine (C=N–C) groups is 1. The summed E-state index contributed by atoms with van der Waals surface area (Å²) in [7, 11) is 3.52. The highest BCUT2D eigenvalue weighted by Crippen LogP contribution is 2.19. The second kappa shape index (κ2) is 9.33. The fraction of sp³-hybridized carbons (Fsp3) is 0.421. The minimum Gasteiger partial charge on any atom is -0.496 e. The molecule has 4 nitrogen and oxygen atoms in total. The van der Waals surface area contributed by atoms with Crippen molar-refractivity contribution in [1.29, 1.82) is 0 Å². The maximum Gasteiger partial charge on any atom is 0.191 e. The van der Waals surface area contributed by atoms with Crippen LogP contribution in [0, 0.1) is 6.92 Å². The molecule has 1 aromatic heterocycles. The van der Waals surface area contributed by atoms with Gasteiger partial charge in [0.05, 0.1) is 7.11 Å². The molecule has 0 aliphatic carbocycles. The van der Waals surface area contributed by atoms with E-state index in [0.29, 0.717) is 5.92 Å². The number of methoxy groups -OCH3 is 1. The van der Waals surface area contributed by atoms with E-state index in [2.05, 4.69) is 64.5 Å². The summed E-state index contributed by atoms with van der Waals surface area (Å²) in [5, 5.41) is 11.1. The smallest absolute Gasteiger partial charge is 0.191 e. The Morgan fingerprint density at radius 3 is 2.79 bits per heavy atom. The molecule has 0 spiro atoms. The van der Waals surface area contributed by atoms with Gasteiger partial charge in [-0.1, -0.05) is 19.1 Å². The van der Waals surface area contributed by atoms with Gasteiger partial charge in [0.2, 0.25) is 0 Å². The molecule has 2 rings (SSSR count). The van der Waals surface area contributed by atoms with Crippen LogP contribution in [0.4, 0.5) is 0 Å². The molecule has 2 aromatic rings. The Balaban J connectivity index is 1.77. The molecule has 0 fully saturated rings. The van der Waals surface area contributed by atoms with Crippen LogP contribution in [0.15, 0.2) is 40.0 Å². The highest BCUT2D eigenvalue weighted by atomic mass is 32.1. The third-order valence-corrected chi connectivity index (χ3v) is 4.79. The van der Waals surface area contributed by atoms with Crippen molar-refractivity contribution in [2.24, 2.45) is 4.99 Å². The quantitative estimate of drug-likeness (QED) is 0.596.